The minimum absolute atomic E-state index is 0.127. The topological polar surface area (TPSA) is 40.5 Å². The molecular formula is C14H27NO2. The highest BCUT2D eigenvalue weighted by atomic mass is 16.3. The van der Waals surface area contributed by atoms with Crippen molar-refractivity contribution in [2.75, 3.05) is 19.7 Å². The van der Waals surface area contributed by atoms with Crippen molar-refractivity contribution in [1.29, 1.82) is 0 Å². The van der Waals surface area contributed by atoms with Crippen LogP contribution in [0.4, 0.5) is 0 Å². The maximum Gasteiger partial charge on any atom is 0.127 e. The molecule has 1 N–H and O–H groups in total. The van der Waals surface area contributed by atoms with E-state index in [0.717, 1.165) is 32.2 Å². The van der Waals surface area contributed by atoms with Crippen molar-refractivity contribution in [2.24, 2.45) is 5.41 Å². The van der Waals surface area contributed by atoms with Crippen LogP contribution in [0, 0.1) is 5.41 Å². The lowest BCUT2D eigenvalue weighted by molar-refractivity contribution is -0.117. The molecule has 0 heterocycles. The van der Waals surface area contributed by atoms with Crippen LogP contribution in [0.2, 0.25) is 0 Å². The number of aliphatic hydroxyl groups excluding tert-OH is 1. The first-order valence-electron chi connectivity index (χ1n) is 7.02. The van der Waals surface area contributed by atoms with Gasteiger partial charge in [-0.2, -0.15) is 0 Å². The van der Waals surface area contributed by atoms with Gasteiger partial charge in [0.15, 0.2) is 0 Å². The Balaban J connectivity index is 2.66. The molecule has 0 atom stereocenters. The number of aldehydes is 1. The van der Waals surface area contributed by atoms with Crippen molar-refractivity contribution < 1.29 is 9.90 Å². The molecule has 0 aromatic heterocycles. The molecule has 1 saturated carbocycles. The van der Waals surface area contributed by atoms with Crippen LogP contribution in [0.1, 0.15) is 52.4 Å². The van der Waals surface area contributed by atoms with E-state index in [0.29, 0.717) is 12.6 Å². The van der Waals surface area contributed by atoms with Crippen LogP contribution in [-0.4, -0.2) is 42.0 Å². The van der Waals surface area contributed by atoms with Gasteiger partial charge >= 0.3 is 0 Å². The minimum atomic E-state index is -0.127. The van der Waals surface area contributed by atoms with Gasteiger partial charge in [0.2, 0.25) is 0 Å². The van der Waals surface area contributed by atoms with Gasteiger partial charge in [-0.25, -0.2) is 0 Å². The Hall–Kier alpha value is -0.410. The average Bonchev–Trinajstić information content (AvgIpc) is 2.80. The molecule has 0 aliphatic heterocycles. The number of hydrogen-bond donors (Lipinski definition) is 1. The highest BCUT2D eigenvalue weighted by molar-refractivity contribution is 5.60. The minimum Gasteiger partial charge on any atom is -0.395 e. The molecule has 0 aromatic carbocycles. The predicted octanol–water partition coefficient (Wildman–Crippen LogP) is 2.23. The molecule has 100 valence electrons. The van der Waals surface area contributed by atoms with Crippen LogP contribution in [0.3, 0.4) is 0 Å². The van der Waals surface area contributed by atoms with Gasteiger partial charge in [0.1, 0.15) is 6.29 Å². The second-order valence-electron chi connectivity index (χ2n) is 5.35. The molecule has 0 amide bonds. The molecule has 1 aliphatic rings. The third kappa shape index (κ3) is 3.78. The molecule has 0 radical (unpaired) electrons. The molecular weight excluding hydrogens is 214 g/mol. The zero-order valence-corrected chi connectivity index (χ0v) is 11.3. The van der Waals surface area contributed by atoms with E-state index in [1.165, 1.54) is 19.1 Å². The lowest BCUT2D eigenvalue weighted by Crippen LogP contribution is -2.44. The summed E-state index contributed by atoms with van der Waals surface area (Å²) in [5, 5.41) is 9.18. The smallest absolute Gasteiger partial charge is 0.127 e. The van der Waals surface area contributed by atoms with Crippen LogP contribution in [-0.2, 0) is 4.79 Å². The number of aliphatic hydroxyl groups is 1. The van der Waals surface area contributed by atoms with Gasteiger partial charge in [-0.05, 0) is 25.7 Å². The van der Waals surface area contributed by atoms with E-state index in [1.54, 1.807) is 0 Å². The van der Waals surface area contributed by atoms with Crippen LogP contribution in [0.15, 0.2) is 0 Å². The Morgan fingerprint density at radius 2 is 1.88 bits per heavy atom. The van der Waals surface area contributed by atoms with E-state index in [-0.39, 0.29) is 12.0 Å². The zero-order valence-electron chi connectivity index (χ0n) is 11.3. The molecule has 0 saturated heterocycles. The summed E-state index contributed by atoms with van der Waals surface area (Å²) in [4.78, 5) is 13.7. The Bertz CT molecular complexity index is 220. The fourth-order valence-electron chi connectivity index (χ4n) is 3.12. The van der Waals surface area contributed by atoms with Gasteiger partial charge in [0, 0.05) is 24.5 Å². The third-order valence-corrected chi connectivity index (χ3v) is 4.21. The SMILES string of the molecule is CCC(CC)N(CCO)CC1(C=O)CCCC1. The van der Waals surface area contributed by atoms with Crippen molar-refractivity contribution in [2.45, 2.75) is 58.4 Å². The molecule has 0 unspecified atom stereocenters. The van der Waals surface area contributed by atoms with E-state index in [4.69, 9.17) is 0 Å². The largest absolute Gasteiger partial charge is 0.395 e. The number of carbonyl (C=O) groups excluding carboxylic acids is 1. The molecule has 3 nitrogen and oxygen atoms in total. The first-order valence-corrected chi connectivity index (χ1v) is 7.02. The Labute approximate surface area is 105 Å². The summed E-state index contributed by atoms with van der Waals surface area (Å²) in [6, 6.07) is 0.500. The van der Waals surface area contributed by atoms with Crippen molar-refractivity contribution >= 4 is 6.29 Å². The molecule has 3 heteroatoms. The van der Waals surface area contributed by atoms with Crippen LogP contribution in [0.5, 0.6) is 0 Å². The highest BCUT2D eigenvalue weighted by Gasteiger charge is 2.36. The van der Waals surface area contributed by atoms with Gasteiger partial charge in [-0.3, -0.25) is 4.90 Å². The highest BCUT2D eigenvalue weighted by Crippen LogP contribution is 2.37. The van der Waals surface area contributed by atoms with Gasteiger partial charge in [0.05, 0.1) is 6.61 Å². The number of rotatable bonds is 8. The Kier molecular flexibility index (Phi) is 6.14. The molecule has 0 bridgehead atoms. The monoisotopic (exact) mass is 241 g/mol. The summed E-state index contributed by atoms with van der Waals surface area (Å²) in [7, 11) is 0. The quantitative estimate of drug-likeness (QED) is 0.662. The summed E-state index contributed by atoms with van der Waals surface area (Å²) >= 11 is 0. The number of nitrogens with zero attached hydrogens (tertiary/aromatic N) is 1. The zero-order chi connectivity index (χ0) is 12.7. The lowest BCUT2D eigenvalue weighted by atomic mass is 9.86. The molecule has 1 aliphatic carbocycles. The maximum atomic E-state index is 11.4. The maximum absolute atomic E-state index is 11.4. The summed E-state index contributed by atoms with van der Waals surface area (Å²) in [5.74, 6) is 0. The Morgan fingerprint density at radius 3 is 2.29 bits per heavy atom. The van der Waals surface area contributed by atoms with E-state index < -0.39 is 0 Å². The second-order valence-corrected chi connectivity index (χ2v) is 5.35. The molecule has 0 aromatic rings. The first-order chi connectivity index (χ1) is 8.21. The first kappa shape index (κ1) is 14.7. The average molecular weight is 241 g/mol. The normalized spacial score (nSPS) is 19.1. The summed E-state index contributed by atoms with van der Waals surface area (Å²) in [6.07, 6.45) is 7.75. The van der Waals surface area contributed by atoms with E-state index in [1.807, 2.05) is 0 Å². The fraction of sp³-hybridized carbons (Fsp3) is 0.929. The van der Waals surface area contributed by atoms with Crippen molar-refractivity contribution in [3.63, 3.8) is 0 Å². The van der Waals surface area contributed by atoms with E-state index in [2.05, 4.69) is 18.7 Å². The van der Waals surface area contributed by atoms with Crippen molar-refractivity contribution in [3.8, 4) is 0 Å². The second kappa shape index (κ2) is 7.12. The van der Waals surface area contributed by atoms with E-state index >= 15 is 0 Å². The predicted molar refractivity (Wildman–Crippen MR) is 70.0 cm³/mol. The summed E-state index contributed by atoms with van der Waals surface area (Å²) in [5.41, 5.74) is -0.127. The van der Waals surface area contributed by atoms with Crippen LogP contribution >= 0.6 is 0 Å². The van der Waals surface area contributed by atoms with Crippen molar-refractivity contribution in [1.82, 2.24) is 4.90 Å². The van der Waals surface area contributed by atoms with Crippen LogP contribution < -0.4 is 0 Å². The lowest BCUT2D eigenvalue weighted by Gasteiger charge is -2.36. The van der Waals surface area contributed by atoms with Gasteiger partial charge in [-0.1, -0.05) is 26.7 Å². The molecule has 0 spiro atoms. The number of carbonyl (C=O) groups is 1. The Morgan fingerprint density at radius 1 is 1.29 bits per heavy atom. The van der Waals surface area contributed by atoms with Gasteiger partial charge < -0.3 is 9.90 Å². The fourth-order valence-corrected chi connectivity index (χ4v) is 3.12. The standard InChI is InChI=1S/C14H27NO2/c1-3-13(4-2)15(9-10-16)11-14(12-17)7-5-6-8-14/h12-13,16H,3-11H2,1-2H3. The number of hydrogen-bond acceptors (Lipinski definition) is 3. The van der Waals surface area contributed by atoms with Crippen molar-refractivity contribution in [3.05, 3.63) is 0 Å². The third-order valence-electron chi connectivity index (χ3n) is 4.21. The summed E-state index contributed by atoms with van der Waals surface area (Å²) < 4.78 is 0. The summed E-state index contributed by atoms with van der Waals surface area (Å²) in [6.45, 7) is 6.08. The molecule has 1 fully saturated rings. The van der Waals surface area contributed by atoms with E-state index in [9.17, 15) is 9.90 Å². The molecule has 1 rings (SSSR count). The van der Waals surface area contributed by atoms with Crippen LogP contribution in [0.25, 0.3) is 0 Å². The molecule has 17 heavy (non-hydrogen) atoms. The van der Waals surface area contributed by atoms with Gasteiger partial charge in [-0.15, -0.1) is 0 Å². The van der Waals surface area contributed by atoms with Gasteiger partial charge in [0.25, 0.3) is 0 Å².